The van der Waals surface area contributed by atoms with Crippen molar-refractivity contribution in [2.75, 3.05) is 31.5 Å². The molecule has 194 valence electrons. The first-order chi connectivity index (χ1) is 17.7. The highest BCUT2D eigenvalue weighted by atomic mass is 35.5. The van der Waals surface area contributed by atoms with Crippen LogP contribution >= 0.6 is 23.2 Å². The molecule has 3 rings (SSSR count). The molecule has 0 aliphatic heterocycles. The number of rotatable bonds is 10. The van der Waals surface area contributed by atoms with Crippen LogP contribution in [0, 0.1) is 6.92 Å². The van der Waals surface area contributed by atoms with E-state index in [4.69, 9.17) is 32.7 Å². The molecule has 0 saturated heterocycles. The smallest absolute Gasteiger partial charge is 0.247 e. The Balaban J connectivity index is 1.85. The zero-order chi connectivity index (χ0) is 27.1. The van der Waals surface area contributed by atoms with Crippen molar-refractivity contribution in [3.05, 3.63) is 87.3 Å². The Kier molecular flexibility index (Phi) is 9.63. The van der Waals surface area contributed by atoms with Gasteiger partial charge in [-0.3, -0.25) is 14.5 Å². The van der Waals surface area contributed by atoms with Crippen molar-refractivity contribution < 1.29 is 19.1 Å². The van der Waals surface area contributed by atoms with Crippen LogP contribution in [-0.2, 0) is 33.8 Å². The molecule has 37 heavy (non-hydrogen) atoms. The summed E-state index contributed by atoms with van der Waals surface area (Å²) in [4.78, 5) is 35.2. The summed E-state index contributed by atoms with van der Waals surface area (Å²) in [6, 6.07) is 9.12. The Labute approximate surface area is 226 Å². The fourth-order valence-corrected chi connectivity index (χ4v) is 4.26. The zero-order valence-electron chi connectivity index (χ0n) is 21.1. The third-order valence-corrected chi connectivity index (χ3v) is 6.66. The van der Waals surface area contributed by atoms with Crippen molar-refractivity contribution in [1.82, 2.24) is 9.97 Å². The Bertz CT molecular complexity index is 1330. The molecule has 0 aliphatic carbocycles. The van der Waals surface area contributed by atoms with Gasteiger partial charge in [-0.2, -0.15) is 0 Å². The number of aryl methyl sites for hydroxylation is 1. The van der Waals surface area contributed by atoms with Crippen LogP contribution in [0.15, 0.2) is 49.3 Å². The summed E-state index contributed by atoms with van der Waals surface area (Å²) in [5.41, 5.74) is 4.27. The van der Waals surface area contributed by atoms with Crippen molar-refractivity contribution >= 4 is 46.5 Å². The topological polar surface area (TPSA) is 93.7 Å². The van der Waals surface area contributed by atoms with Crippen LogP contribution < -0.4 is 15.0 Å². The molecule has 8 nitrogen and oxygen atoms in total. The number of halogens is 2. The summed E-state index contributed by atoms with van der Waals surface area (Å²) in [5.74, 6) is 0.280. The predicted molar refractivity (Wildman–Crippen MR) is 146 cm³/mol. The number of ether oxygens (including phenoxy) is 2. The number of anilines is 2. The van der Waals surface area contributed by atoms with Gasteiger partial charge in [0.15, 0.2) is 0 Å². The normalized spacial score (nSPS) is 10.6. The standard InChI is InChI=1S/C27H28Cl2N4O4/c1-6-24(34)32-21-10-17(14-36-4)7-8-18(21)11-19-12-23(31-15-30-19)33(3)25(35)13-20-26(28)16(2)9-22(37-5)27(20)29/h6-10,12,15H,1,11,13-14H2,2-5H3,(H,32,34). The minimum atomic E-state index is -0.324. The van der Waals surface area contributed by atoms with Gasteiger partial charge in [0.05, 0.1) is 30.9 Å². The molecule has 1 heterocycles. The lowest BCUT2D eigenvalue weighted by Crippen LogP contribution is -2.29. The number of methoxy groups -OCH3 is 2. The van der Waals surface area contributed by atoms with Gasteiger partial charge in [-0.15, -0.1) is 0 Å². The van der Waals surface area contributed by atoms with Gasteiger partial charge in [-0.1, -0.05) is 41.9 Å². The van der Waals surface area contributed by atoms with Gasteiger partial charge in [0.1, 0.15) is 17.9 Å². The van der Waals surface area contributed by atoms with E-state index in [1.807, 2.05) is 25.1 Å². The second-order valence-corrected chi connectivity index (χ2v) is 9.05. The van der Waals surface area contributed by atoms with Crippen molar-refractivity contribution in [3.8, 4) is 5.75 Å². The van der Waals surface area contributed by atoms with Crippen molar-refractivity contribution in [2.45, 2.75) is 26.4 Å². The van der Waals surface area contributed by atoms with E-state index < -0.39 is 0 Å². The third kappa shape index (κ3) is 6.85. The summed E-state index contributed by atoms with van der Waals surface area (Å²) in [7, 11) is 4.74. The van der Waals surface area contributed by atoms with Crippen LogP contribution in [0.25, 0.3) is 0 Å². The lowest BCUT2D eigenvalue weighted by molar-refractivity contribution is -0.117. The molecule has 0 aliphatic rings. The Hall–Kier alpha value is -3.46. The van der Waals surface area contributed by atoms with Crippen LogP contribution in [-0.4, -0.2) is 43.0 Å². The molecule has 0 atom stereocenters. The minimum absolute atomic E-state index is 0.0375. The molecule has 0 spiro atoms. The first kappa shape index (κ1) is 28.1. The van der Waals surface area contributed by atoms with E-state index in [2.05, 4.69) is 21.9 Å². The highest BCUT2D eigenvalue weighted by molar-refractivity contribution is 6.37. The molecular formula is C27H28Cl2N4O4. The van der Waals surface area contributed by atoms with Crippen LogP contribution in [0.4, 0.5) is 11.5 Å². The van der Waals surface area contributed by atoms with Crippen molar-refractivity contribution in [1.29, 1.82) is 0 Å². The second kappa shape index (κ2) is 12.7. The maximum atomic E-state index is 13.1. The number of amides is 2. The monoisotopic (exact) mass is 542 g/mol. The average molecular weight is 543 g/mol. The number of aromatic nitrogens is 2. The summed E-state index contributed by atoms with van der Waals surface area (Å²) >= 11 is 12.9. The van der Waals surface area contributed by atoms with E-state index in [1.54, 1.807) is 26.3 Å². The molecule has 0 saturated carbocycles. The molecule has 1 N–H and O–H groups in total. The average Bonchev–Trinajstić information content (AvgIpc) is 2.89. The summed E-state index contributed by atoms with van der Waals surface area (Å²) in [6.45, 7) is 5.74. The van der Waals surface area contributed by atoms with E-state index in [-0.39, 0.29) is 18.2 Å². The van der Waals surface area contributed by atoms with Crippen LogP contribution in [0.2, 0.25) is 10.0 Å². The summed E-state index contributed by atoms with van der Waals surface area (Å²) in [6.07, 6.45) is 2.96. The van der Waals surface area contributed by atoms with E-state index in [1.165, 1.54) is 24.4 Å². The highest BCUT2D eigenvalue weighted by Gasteiger charge is 2.21. The van der Waals surface area contributed by atoms with E-state index >= 15 is 0 Å². The van der Waals surface area contributed by atoms with Gasteiger partial charge in [0.2, 0.25) is 11.8 Å². The van der Waals surface area contributed by atoms with Gasteiger partial charge in [0.25, 0.3) is 0 Å². The molecule has 2 aromatic carbocycles. The first-order valence-corrected chi connectivity index (χ1v) is 12.1. The second-order valence-electron chi connectivity index (χ2n) is 8.29. The molecule has 0 bridgehead atoms. The number of carbonyl (C=O) groups is 2. The highest BCUT2D eigenvalue weighted by Crippen LogP contribution is 2.36. The van der Waals surface area contributed by atoms with Crippen LogP contribution in [0.1, 0.15) is 27.9 Å². The molecule has 0 unspecified atom stereocenters. The first-order valence-electron chi connectivity index (χ1n) is 11.3. The minimum Gasteiger partial charge on any atom is -0.495 e. The van der Waals surface area contributed by atoms with Crippen molar-refractivity contribution in [3.63, 3.8) is 0 Å². The van der Waals surface area contributed by atoms with E-state index in [9.17, 15) is 9.59 Å². The molecule has 0 fully saturated rings. The Morgan fingerprint density at radius 3 is 2.57 bits per heavy atom. The Morgan fingerprint density at radius 2 is 1.89 bits per heavy atom. The number of nitrogens with zero attached hydrogens (tertiary/aromatic N) is 3. The van der Waals surface area contributed by atoms with Crippen LogP contribution in [0.3, 0.4) is 0 Å². The SMILES string of the molecule is C=CC(=O)Nc1cc(COC)ccc1Cc1cc(N(C)C(=O)Cc2c(Cl)c(C)cc(OC)c2Cl)ncn1. The van der Waals surface area contributed by atoms with Gasteiger partial charge >= 0.3 is 0 Å². The third-order valence-electron chi connectivity index (χ3n) is 5.72. The predicted octanol–water partition coefficient (Wildman–Crippen LogP) is 5.17. The molecule has 10 heteroatoms. The maximum absolute atomic E-state index is 13.1. The molecule has 0 radical (unpaired) electrons. The van der Waals surface area contributed by atoms with E-state index in [0.717, 1.165) is 16.7 Å². The fourth-order valence-electron chi connectivity index (χ4n) is 3.70. The summed E-state index contributed by atoms with van der Waals surface area (Å²) < 4.78 is 10.5. The lowest BCUT2D eigenvalue weighted by atomic mass is 10.0. The number of nitrogens with one attached hydrogen (secondary N) is 1. The molecule has 2 amide bonds. The maximum Gasteiger partial charge on any atom is 0.247 e. The van der Waals surface area contributed by atoms with Gasteiger partial charge in [0, 0.05) is 42.9 Å². The quantitative estimate of drug-likeness (QED) is 0.355. The number of benzene rings is 2. The number of hydrogen-bond donors (Lipinski definition) is 1. The number of carbonyl (C=O) groups excluding carboxylic acids is 2. The van der Waals surface area contributed by atoms with Gasteiger partial charge in [-0.25, -0.2) is 9.97 Å². The zero-order valence-corrected chi connectivity index (χ0v) is 22.6. The number of hydrogen-bond acceptors (Lipinski definition) is 6. The largest absolute Gasteiger partial charge is 0.495 e. The van der Waals surface area contributed by atoms with Crippen LogP contribution in [0.5, 0.6) is 5.75 Å². The van der Waals surface area contributed by atoms with E-state index in [0.29, 0.717) is 51.6 Å². The molecule has 1 aromatic heterocycles. The fraction of sp³-hybridized carbons (Fsp3) is 0.259. The van der Waals surface area contributed by atoms with Gasteiger partial charge < -0.3 is 14.8 Å². The lowest BCUT2D eigenvalue weighted by Gasteiger charge is -2.19. The van der Waals surface area contributed by atoms with Crippen molar-refractivity contribution in [2.24, 2.45) is 0 Å². The molecule has 3 aromatic rings. The Morgan fingerprint density at radius 1 is 1.14 bits per heavy atom. The number of likely N-dealkylation sites (N-methyl/N-ethyl adjacent to an activating group) is 1. The molecular weight excluding hydrogens is 515 g/mol. The summed E-state index contributed by atoms with van der Waals surface area (Å²) in [5, 5.41) is 3.55. The van der Waals surface area contributed by atoms with Gasteiger partial charge in [-0.05, 0) is 41.8 Å².